The molecule has 4 aliphatic carbocycles. The number of halogens is 1. The summed E-state index contributed by atoms with van der Waals surface area (Å²) < 4.78 is 10.4. The van der Waals surface area contributed by atoms with Crippen molar-refractivity contribution < 1.29 is 23.9 Å². The molecule has 4 rings (SSSR count). The van der Waals surface area contributed by atoms with Gasteiger partial charge in [-0.15, -0.1) is 0 Å². The maximum absolute atomic E-state index is 12.7. The van der Waals surface area contributed by atoms with E-state index < -0.39 is 16.3 Å². The summed E-state index contributed by atoms with van der Waals surface area (Å²) in [6.07, 6.45) is 10.0. The van der Waals surface area contributed by atoms with Gasteiger partial charge in [-0.2, -0.15) is 0 Å². The van der Waals surface area contributed by atoms with Crippen LogP contribution in [0, 0.1) is 35.0 Å². The summed E-state index contributed by atoms with van der Waals surface area (Å²) >= 11 is 3.27. The van der Waals surface area contributed by atoms with Crippen LogP contribution in [0.5, 0.6) is 0 Å². The minimum atomic E-state index is -0.819. The lowest BCUT2D eigenvalue weighted by molar-refractivity contribution is -0.171. The van der Waals surface area contributed by atoms with Gasteiger partial charge in [0.2, 0.25) is 0 Å². The number of allylic oxidation sites excluding steroid dienone is 1. The first kappa shape index (κ1) is 24.0. The first-order chi connectivity index (χ1) is 15.0. The fraction of sp³-hybridized carbons (Fsp3) is 0.808. The minimum Gasteiger partial charge on any atom is -0.459 e. The maximum Gasteiger partial charge on any atom is 0.344 e. The van der Waals surface area contributed by atoms with E-state index in [0.29, 0.717) is 41.8 Å². The van der Waals surface area contributed by atoms with Gasteiger partial charge in [-0.3, -0.25) is 9.59 Å². The predicted octanol–water partition coefficient (Wildman–Crippen LogP) is 5.39. The normalized spacial score (nSPS) is 38.8. The van der Waals surface area contributed by atoms with Crippen LogP contribution >= 0.6 is 15.9 Å². The van der Waals surface area contributed by atoms with Gasteiger partial charge in [-0.05, 0) is 94.5 Å². The van der Waals surface area contributed by atoms with Gasteiger partial charge in [0.1, 0.15) is 10.4 Å². The Bertz CT molecular complexity index is 812. The quantitative estimate of drug-likeness (QED) is 0.367. The third-order valence-electron chi connectivity index (χ3n) is 8.96. The number of fused-ring (bicyclic) bond motifs is 5. The highest BCUT2D eigenvalue weighted by Crippen LogP contribution is 2.64. The van der Waals surface area contributed by atoms with Gasteiger partial charge < -0.3 is 9.47 Å². The Balaban J connectivity index is 1.47. The van der Waals surface area contributed by atoms with Crippen molar-refractivity contribution in [1.82, 2.24) is 0 Å². The van der Waals surface area contributed by atoms with E-state index in [-0.39, 0.29) is 18.1 Å². The van der Waals surface area contributed by atoms with Crippen LogP contribution in [-0.4, -0.2) is 34.8 Å². The molecule has 3 saturated carbocycles. The van der Waals surface area contributed by atoms with Gasteiger partial charge in [-0.1, -0.05) is 35.4 Å². The lowest BCUT2D eigenvalue weighted by atomic mass is 9.52. The summed E-state index contributed by atoms with van der Waals surface area (Å²) in [7, 11) is 0. The molecule has 7 atom stereocenters. The molecule has 0 aromatic carbocycles. The second-order valence-corrected chi connectivity index (χ2v) is 13.2. The largest absolute Gasteiger partial charge is 0.459 e. The molecule has 6 heteroatoms. The van der Waals surface area contributed by atoms with Crippen LogP contribution in [0.15, 0.2) is 11.6 Å². The van der Waals surface area contributed by atoms with Gasteiger partial charge in [0.15, 0.2) is 12.4 Å². The monoisotopic (exact) mass is 508 g/mol. The van der Waals surface area contributed by atoms with Crippen LogP contribution < -0.4 is 0 Å². The number of carbonyl (C=O) groups excluding carboxylic acids is 3. The summed E-state index contributed by atoms with van der Waals surface area (Å²) in [5, 5.41) is 0. The summed E-state index contributed by atoms with van der Waals surface area (Å²) in [6, 6.07) is 0. The number of esters is 2. The summed E-state index contributed by atoms with van der Waals surface area (Å²) in [5.41, 5.74) is 1.37. The first-order valence-electron chi connectivity index (χ1n) is 12.3. The molecule has 0 N–H and O–H groups in total. The lowest BCUT2D eigenvalue weighted by Gasteiger charge is -2.53. The summed E-state index contributed by atoms with van der Waals surface area (Å²) in [5.74, 6) is 2.18. The predicted molar refractivity (Wildman–Crippen MR) is 125 cm³/mol. The van der Waals surface area contributed by atoms with Gasteiger partial charge in [0, 0.05) is 11.8 Å². The number of ether oxygens (including phenoxy) is 2. The second kappa shape index (κ2) is 8.88. The smallest absolute Gasteiger partial charge is 0.344 e. The number of hydrogen-bond acceptors (Lipinski definition) is 5. The number of rotatable bonds is 5. The van der Waals surface area contributed by atoms with Gasteiger partial charge in [0.05, 0.1) is 0 Å². The van der Waals surface area contributed by atoms with Crippen LogP contribution in [0.25, 0.3) is 0 Å². The molecular formula is C26H37BrO5. The van der Waals surface area contributed by atoms with E-state index >= 15 is 0 Å². The molecule has 0 aromatic rings. The number of hydrogen-bond donors (Lipinski definition) is 0. The van der Waals surface area contributed by atoms with E-state index in [2.05, 4.69) is 29.8 Å². The van der Waals surface area contributed by atoms with Crippen molar-refractivity contribution in [3.8, 4) is 0 Å². The molecule has 32 heavy (non-hydrogen) atoms. The third-order valence-corrected chi connectivity index (χ3v) is 9.29. The van der Waals surface area contributed by atoms with E-state index in [1.165, 1.54) is 5.57 Å². The Kier molecular flexibility index (Phi) is 6.65. The summed E-state index contributed by atoms with van der Waals surface area (Å²) in [4.78, 5) is 36.6. The second-order valence-electron chi connectivity index (χ2n) is 11.2. The van der Waals surface area contributed by atoms with E-state index in [1.807, 2.05) is 6.08 Å². The Hall–Kier alpha value is -1.17. The molecule has 178 valence electrons. The van der Waals surface area contributed by atoms with E-state index in [4.69, 9.17) is 9.47 Å². The van der Waals surface area contributed by atoms with Crippen molar-refractivity contribution in [2.24, 2.45) is 35.0 Å². The molecule has 0 aromatic heterocycles. The average Bonchev–Trinajstić information content (AvgIpc) is 3.02. The lowest BCUT2D eigenvalue weighted by Crippen LogP contribution is -2.49. The van der Waals surface area contributed by atoms with E-state index in [0.717, 1.165) is 44.9 Å². The van der Waals surface area contributed by atoms with Gasteiger partial charge >= 0.3 is 11.9 Å². The third kappa shape index (κ3) is 4.33. The molecule has 0 spiro atoms. The topological polar surface area (TPSA) is 69.7 Å². The Morgan fingerprint density at radius 2 is 1.94 bits per heavy atom. The molecule has 5 nitrogen and oxygen atoms in total. The summed E-state index contributed by atoms with van der Waals surface area (Å²) in [6.45, 7) is 7.57. The fourth-order valence-electron chi connectivity index (χ4n) is 7.40. The standard InChI is InChI=1S/C26H37BrO5/c1-5-15-13-21-20-8-6-16-12-17(28)7-9-18(16)19(20)10-11-26(21,4)23(15)32-22(29)14-31-24(30)25(2,3)27/h12,15,18-21,23H,5-11,13-14H2,1-4H3/t15-,18-,19+,20+,21-,23-,26-/m0/s1. The molecular weight excluding hydrogens is 472 g/mol. The molecule has 4 aliphatic rings. The average molecular weight is 509 g/mol. The zero-order valence-corrected chi connectivity index (χ0v) is 21.4. The van der Waals surface area contributed by atoms with Gasteiger partial charge in [0.25, 0.3) is 0 Å². The van der Waals surface area contributed by atoms with Gasteiger partial charge in [-0.25, -0.2) is 4.79 Å². The van der Waals surface area contributed by atoms with Crippen molar-refractivity contribution >= 4 is 33.7 Å². The van der Waals surface area contributed by atoms with Crippen LogP contribution in [0.2, 0.25) is 0 Å². The Morgan fingerprint density at radius 1 is 1.19 bits per heavy atom. The zero-order chi connectivity index (χ0) is 23.3. The van der Waals surface area contributed by atoms with Crippen LogP contribution in [-0.2, 0) is 23.9 Å². The number of carbonyl (C=O) groups is 3. The highest BCUT2D eigenvalue weighted by atomic mass is 79.9. The molecule has 0 saturated heterocycles. The molecule has 0 heterocycles. The molecule has 0 bridgehead atoms. The van der Waals surface area contributed by atoms with E-state index in [9.17, 15) is 14.4 Å². The SMILES string of the molecule is CC[C@H]1C[C@H]2[C@@H]3CCC4=CC(=O)CC[C@@H]4[C@H]3CC[C@]2(C)[C@H]1OC(=O)COC(=O)C(C)(C)Br. The maximum atomic E-state index is 12.7. The molecule has 0 amide bonds. The molecule has 3 fully saturated rings. The van der Waals surface area contributed by atoms with Crippen LogP contribution in [0.4, 0.5) is 0 Å². The number of ketones is 1. The highest BCUT2D eigenvalue weighted by Gasteiger charge is 2.60. The first-order valence-corrected chi connectivity index (χ1v) is 13.1. The highest BCUT2D eigenvalue weighted by molar-refractivity contribution is 9.10. The van der Waals surface area contributed by atoms with Crippen LogP contribution in [0.1, 0.15) is 79.1 Å². The Labute approximate surface area is 200 Å². The molecule has 0 aliphatic heterocycles. The van der Waals surface area contributed by atoms with E-state index in [1.54, 1.807) is 13.8 Å². The fourth-order valence-corrected chi connectivity index (χ4v) is 7.51. The van der Waals surface area contributed by atoms with Crippen molar-refractivity contribution in [1.29, 1.82) is 0 Å². The minimum absolute atomic E-state index is 0.0259. The van der Waals surface area contributed by atoms with Crippen molar-refractivity contribution in [3.05, 3.63) is 11.6 Å². The molecule has 0 radical (unpaired) electrons. The van der Waals surface area contributed by atoms with Crippen LogP contribution in [0.3, 0.4) is 0 Å². The zero-order valence-electron chi connectivity index (χ0n) is 19.8. The number of alkyl halides is 1. The van der Waals surface area contributed by atoms with Crippen molar-refractivity contribution in [2.75, 3.05) is 6.61 Å². The van der Waals surface area contributed by atoms with Crippen molar-refractivity contribution in [2.45, 2.75) is 89.5 Å². The van der Waals surface area contributed by atoms with Crippen molar-refractivity contribution in [3.63, 3.8) is 0 Å². The molecule has 0 unspecified atom stereocenters. The Morgan fingerprint density at radius 3 is 2.62 bits per heavy atom.